The topological polar surface area (TPSA) is 111 Å². The number of benzene rings is 1. The lowest BCUT2D eigenvalue weighted by Gasteiger charge is -2.19. The number of aromatic nitrogens is 4. The molecule has 0 unspecified atom stereocenters. The maximum absolute atomic E-state index is 12.6. The van der Waals surface area contributed by atoms with E-state index in [2.05, 4.69) is 34.1 Å². The molecule has 3 aromatic rings. The van der Waals surface area contributed by atoms with Crippen LogP contribution in [-0.4, -0.2) is 54.7 Å². The van der Waals surface area contributed by atoms with E-state index in [1.807, 2.05) is 28.8 Å². The molecule has 1 N–H and O–H groups in total. The smallest absolute Gasteiger partial charge is 0.358 e. The fraction of sp³-hybridized carbons (Fsp3) is 0.421. The lowest BCUT2D eigenvalue weighted by molar-refractivity contribution is -0.389. The quantitative estimate of drug-likeness (QED) is 0.437. The number of amides is 1. The average molecular weight is 399 g/mol. The van der Waals surface area contributed by atoms with Gasteiger partial charge in [0.05, 0.1) is 27.9 Å². The molecule has 2 aromatic heterocycles. The standard InChI is InChI=1S/C19H25N7O3/c1-4-23(5-2)10-11-24-16-9-7-6-8-15(16)20-19(24)21-18(27)13-25-14(3)12-17(22-25)26(28)29/h6-9,12H,4-5,10-11,13H2,1-3H3,(H,20,21,27). The number of fused-ring (bicyclic) bond motifs is 1. The highest BCUT2D eigenvalue weighted by Gasteiger charge is 2.19. The van der Waals surface area contributed by atoms with E-state index in [-0.39, 0.29) is 18.3 Å². The molecule has 0 radical (unpaired) electrons. The molecule has 10 nitrogen and oxygen atoms in total. The fourth-order valence-electron chi connectivity index (χ4n) is 3.22. The first-order valence-corrected chi connectivity index (χ1v) is 9.59. The third kappa shape index (κ3) is 4.60. The Morgan fingerprint density at radius 1 is 1.28 bits per heavy atom. The first-order chi connectivity index (χ1) is 13.9. The highest BCUT2D eigenvalue weighted by molar-refractivity contribution is 5.91. The second-order valence-electron chi connectivity index (χ2n) is 6.71. The minimum atomic E-state index is -0.575. The van der Waals surface area contributed by atoms with Gasteiger partial charge in [-0.3, -0.25) is 10.1 Å². The summed E-state index contributed by atoms with van der Waals surface area (Å²) in [5.41, 5.74) is 2.29. The van der Waals surface area contributed by atoms with Gasteiger partial charge in [0.1, 0.15) is 6.54 Å². The van der Waals surface area contributed by atoms with Gasteiger partial charge < -0.3 is 19.6 Å². The number of hydrogen-bond donors (Lipinski definition) is 1. The van der Waals surface area contributed by atoms with Crippen molar-refractivity contribution in [2.75, 3.05) is 25.0 Å². The summed E-state index contributed by atoms with van der Waals surface area (Å²) in [5.74, 6) is -0.157. The summed E-state index contributed by atoms with van der Waals surface area (Å²) < 4.78 is 3.31. The van der Waals surface area contributed by atoms with Gasteiger partial charge in [-0.15, -0.1) is 0 Å². The minimum absolute atomic E-state index is 0.126. The van der Waals surface area contributed by atoms with E-state index in [1.54, 1.807) is 6.92 Å². The van der Waals surface area contributed by atoms with E-state index in [0.717, 1.165) is 30.7 Å². The van der Waals surface area contributed by atoms with Crippen molar-refractivity contribution >= 4 is 28.7 Å². The van der Waals surface area contributed by atoms with Crippen LogP contribution in [0.3, 0.4) is 0 Å². The van der Waals surface area contributed by atoms with Crippen molar-refractivity contribution in [3.8, 4) is 0 Å². The Labute approximate surface area is 168 Å². The molecule has 1 amide bonds. The molecule has 0 atom stereocenters. The molecule has 1 aromatic carbocycles. The molecule has 10 heteroatoms. The molecular formula is C19H25N7O3. The van der Waals surface area contributed by atoms with Crippen molar-refractivity contribution in [1.82, 2.24) is 24.2 Å². The number of anilines is 1. The average Bonchev–Trinajstić information content (AvgIpc) is 3.23. The maximum atomic E-state index is 12.6. The molecule has 0 aliphatic rings. The second kappa shape index (κ2) is 8.82. The van der Waals surface area contributed by atoms with E-state index in [4.69, 9.17) is 0 Å². The van der Waals surface area contributed by atoms with Gasteiger partial charge in [-0.05, 0) is 37.1 Å². The molecule has 0 aliphatic carbocycles. The summed E-state index contributed by atoms with van der Waals surface area (Å²) in [7, 11) is 0. The van der Waals surface area contributed by atoms with Gasteiger partial charge in [-0.25, -0.2) is 4.98 Å². The zero-order valence-electron chi connectivity index (χ0n) is 16.8. The number of imidazole rings is 1. The van der Waals surface area contributed by atoms with Crippen LogP contribution in [0.1, 0.15) is 19.5 Å². The maximum Gasteiger partial charge on any atom is 0.390 e. The monoisotopic (exact) mass is 399 g/mol. The second-order valence-corrected chi connectivity index (χ2v) is 6.71. The van der Waals surface area contributed by atoms with Crippen molar-refractivity contribution in [3.05, 3.63) is 46.1 Å². The van der Waals surface area contributed by atoms with Crippen molar-refractivity contribution < 1.29 is 9.72 Å². The molecule has 2 heterocycles. The van der Waals surface area contributed by atoms with Crippen LogP contribution in [0.4, 0.5) is 11.8 Å². The Morgan fingerprint density at radius 2 is 2.00 bits per heavy atom. The van der Waals surface area contributed by atoms with Gasteiger partial charge in [-0.1, -0.05) is 26.0 Å². The number of carbonyl (C=O) groups is 1. The molecule has 29 heavy (non-hydrogen) atoms. The van der Waals surface area contributed by atoms with E-state index >= 15 is 0 Å². The van der Waals surface area contributed by atoms with Gasteiger partial charge in [0.15, 0.2) is 0 Å². The molecule has 0 fully saturated rings. The summed E-state index contributed by atoms with van der Waals surface area (Å²) in [5, 5.41) is 17.6. The number of rotatable bonds is 9. The highest BCUT2D eigenvalue weighted by Crippen LogP contribution is 2.20. The van der Waals surface area contributed by atoms with E-state index in [9.17, 15) is 14.9 Å². The van der Waals surface area contributed by atoms with Crippen LogP contribution in [0, 0.1) is 17.0 Å². The summed E-state index contributed by atoms with van der Waals surface area (Å²) in [6, 6.07) is 9.06. The van der Waals surface area contributed by atoms with Crippen LogP contribution in [0.5, 0.6) is 0 Å². The third-order valence-electron chi connectivity index (χ3n) is 4.89. The highest BCUT2D eigenvalue weighted by atomic mass is 16.6. The molecule has 154 valence electrons. The Hall–Kier alpha value is -3.27. The predicted molar refractivity (Wildman–Crippen MR) is 110 cm³/mol. The summed E-state index contributed by atoms with van der Waals surface area (Å²) in [4.78, 5) is 29.7. The molecule has 0 saturated heterocycles. The van der Waals surface area contributed by atoms with E-state index in [0.29, 0.717) is 18.2 Å². The van der Waals surface area contributed by atoms with Gasteiger partial charge in [0.25, 0.3) is 0 Å². The van der Waals surface area contributed by atoms with Crippen molar-refractivity contribution in [2.45, 2.75) is 33.9 Å². The lowest BCUT2D eigenvalue weighted by Crippen LogP contribution is -2.28. The van der Waals surface area contributed by atoms with Gasteiger partial charge in [0.2, 0.25) is 11.9 Å². The summed E-state index contributed by atoms with van der Waals surface area (Å²) in [6.45, 7) is 9.19. The lowest BCUT2D eigenvalue weighted by atomic mass is 10.3. The normalized spacial score (nSPS) is 11.3. The third-order valence-corrected chi connectivity index (χ3v) is 4.89. The molecule has 0 aliphatic heterocycles. The van der Waals surface area contributed by atoms with Gasteiger partial charge >= 0.3 is 5.82 Å². The van der Waals surface area contributed by atoms with Crippen LogP contribution < -0.4 is 5.32 Å². The first kappa shape index (κ1) is 20.5. The Balaban J connectivity index is 1.80. The Kier molecular flexibility index (Phi) is 6.23. The number of nitro groups is 1. The van der Waals surface area contributed by atoms with Gasteiger partial charge in [-0.2, -0.15) is 4.68 Å². The van der Waals surface area contributed by atoms with Crippen LogP contribution >= 0.6 is 0 Å². The van der Waals surface area contributed by atoms with Gasteiger partial charge in [0, 0.05) is 13.1 Å². The summed E-state index contributed by atoms with van der Waals surface area (Å²) in [6.07, 6.45) is 0. The first-order valence-electron chi connectivity index (χ1n) is 9.59. The minimum Gasteiger partial charge on any atom is -0.358 e. The number of para-hydroxylation sites is 2. The van der Waals surface area contributed by atoms with Crippen LogP contribution in [0.15, 0.2) is 30.3 Å². The fourth-order valence-corrected chi connectivity index (χ4v) is 3.22. The Morgan fingerprint density at radius 3 is 2.66 bits per heavy atom. The predicted octanol–water partition coefficient (Wildman–Crippen LogP) is 2.43. The zero-order valence-corrected chi connectivity index (χ0v) is 16.8. The van der Waals surface area contributed by atoms with Crippen LogP contribution in [0.2, 0.25) is 0 Å². The van der Waals surface area contributed by atoms with E-state index < -0.39 is 4.92 Å². The number of likely N-dealkylation sites (N-methyl/N-ethyl adjacent to an activating group) is 1. The number of hydrogen-bond acceptors (Lipinski definition) is 6. The van der Waals surface area contributed by atoms with Crippen molar-refractivity contribution in [1.29, 1.82) is 0 Å². The van der Waals surface area contributed by atoms with Crippen molar-refractivity contribution in [3.63, 3.8) is 0 Å². The Bertz CT molecular complexity index is 1020. The molecule has 3 rings (SSSR count). The molecule has 0 bridgehead atoms. The molecular weight excluding hydrogens is 374 g/mol. The molecule has 0 spiro atoms. The number of nitrogens with one attached hydrogen (secondary N) is 1. The SMILES string of the molecule is CCN(CC)CCn1c(NC(=O)Cn2nc([N+](=O)[O-])cc2C)nc2ccccc21. The van der Waals surface area contributed by atoms with Crippen LogP contribution in [0.25, 0.3) is 11.0 Å². The largest absolute Gasteiger partial charge is 0.390 e. The number of carbonyl (C=O) groups excluding carboxylic acids is 1. The van der Waals surface area contributed by atoms with Crippen molar-refractivity contribution in [2.24, 2.45) is 0 Å². The summed E-state index contributed by atoms with van der Waals surface area (Å²) >= 11 is 0. The van der Waals surface area contributed by atoms with E-state index in [1.165, 1.54) is 10.7 Å². The number of aryl methyl sites for hydroxylation is 1. The van der Waals surface area contributed by atoms with Crippen LogP contribution in [-0.2, 0) is 17.9 Å². The number of nitrogens with zero attached hydrogens (tertiary/aromatic N) is 6. The zero-order chi connectivity index (χ0) is 21.0. The molecule has 0 saturated carbocycles.